The molecule has 3 aromatic carbocycles. The summed E-state index contributed by atoms with van der Waals surface area (Å²) in [4.78, 5) is 13.4. The molecule has 0 saturated heterocycles. The number of carboxylic acid groups (broad SMARTS) is 1. The van der Waals surface area contributed by atoms with Crippen LogP contribution < -0.4 is 15.0 Å². The first-order chi connectivity index (χ1) is 16.0. The van der Waals surface area contributed by atoms with Crippen LogP contribution >= 0.6 is 0 Å². The molecule has 2 N–H and O–H groups in total. The maximum Gasteiger partial charge on any atom is 0.303 e. The average molecular weight is 445 g/mol. The van der Waals surface area contributed by atoms with Gasteiger partial charge in [-0.05, 0) is 79.1 Å². The van der Waals surface area contributed by atoms with Gasteiger partial charge in [-0.1, -0.05) is 30.3 Å². The molecule has 5 nitrogen and oxygen atoms in total. The Balaban J connectivity index is 1.55. The van der Waals surface area contributed by atoms with Crippen molar-refractivity contribution in [1.29, 1.82) is 0 Å². The van der Waals surface area contributed by atoms with E-state index in [4.69, 9.17) is 9.84 Å². The summed E-state index contributed by atoms with van der Waals surface area (Å²) in [5.41, 5.74) is 9.72. The molecular formula is C28H32N2O3. The maximum atomic E-state index is 10.9. The van der Waals surface area contributed by atoms with Crippen molar-refractivity contribution in [2.24, 2.45) is 0 Å². The Morgan fingerprint density at radius 3 is 2.67 bits per heavy atom. The molecule has 172 valence electrons. The van der Waals surface area contributed by atoms with Crippen LogP contribution in [-0.4, -0.2) is 24.7 Å². The molecule has 0 amide bonds. The van der Waals surface area contributed by atoms with Crippen LogP contribution in [0.15, 0.2) is 54.6 Å². The predicted molar refractivity (Wildman–Crippen MR) is 134 cm³/mol. The molecule has 0 saturated carbocycles. The quantitative estimate of drug-likeness (QED) is 0.444. The van der Waals surface area contributed by atoms with E-state index >= 15 is 0 Å². The number of nitrogens with zero attached hydrogens (tertiary/aromatic N) is 1. The van der Waals surface area contributed by atoms with Gasteiger partial charge in [0, 0.05) is 42.6 Å². The summed E-state index contributed by atoms with van der Waals surface area (Å²) in [5.74, 6) is -0.0871. The summed E-state index contributed by atoms with van der Waals surface area (Å²) < 4.78 is 5.50. The molecule has 0 aromatic heterocycles. The molecular weight excluding hydrogens is 412 g/mol. The lowest BCUT2D eigenvalue weighted by molar-refractivity contribution is -0.136. The second-order valence-corrected chi connectivity index (χ2v) is 8.73. The first-order valence-corrected chi connectivity index (χ1v) is 11.5. The summed E-state index contributed by atoms with van der Waals surface area (Å²) in [6, 6.07) is 19.1. The number of methoxy groups -OCH3 is 1. The van der Waals surface area contributed by atoms with Gasteiger partial charge in [0.1, 0.15) is 5.75 Å². The van der Waals surface area contributed by atoms with Crippen molar-refractivity contribution in [3.8, 4) is 5.75 Å². The third-order valence-electron chi connectivity index (χ3n) is 6.42. The van der Waals surface area contributed by atoms with E-state index < -0.39 is 5.97 Å². The van der Waals surface area contributed by atoms with Crippen molar-refractivity contribution in [1.82, 2.24) is 0 Å². The van der Waals surface area contributed by atoms with Gasteiger partial charge in [-0.2, -0.15) is 0 Å². The molecule has 0 atom stereocenters. The highest BCUT2D eigenvalue weighted by atomic mass is 16.5. The van der Waals surface area contributed by atoms with Crippen LogP contribution in [-0.2, 0) is 24.2 Å². The van der Waals surface area contributed by atoms with E-state index in [0.717, 1.165) is 30.6 Å². The van der Waals surface area contributed by atoms with Crippen LogP contribution in [0.5, 0.6) is 5.75 Å². The molecule has 0 unspecified atom stereocenters. The number of fused-ring (bicyclic) bond motifs is 1. The van der Waals surface area contributed by atoms with Gasteiger partial charge in [0.15, 0.2) is 0 Å². The van der Waals surface area contributed by atoms with Crippen LogP contribution in [0, 0.1) is 13.8 Å². The summed E-state index contributed by atoms with van der Waals surface area (Å²) in [7, 11) is 1.62. The maximum absolute atomic E-state index is 10.9. The van der Waals surface area contributed by atoms with Crippen molar-refractivity contribution in [3.63, 3.8) is 0 Å². The lowest BCUT2D eigenvalue weighted by atomic mass is 9.94. The zero-order valence-corrected chi connectivity index (χ0v) is 19.6. The summed E-state index contributed by atoms with van der Waals surface area (Å²) >= 11 is 0. The highest BCUT2D eigenvalue weighted by Crippen LogP contribution is 2.38. The Hall–Kier alpha value is -3.47. The van der Waals surface area contributed by atoms with Crippen molar-refractivity contribution in [2.75, 3.05) is 23.9 Å². The molecule has 0 bridgehead atoms. The summed E-state index contributed by atoms with van der Waals surface area (Å²) in [6.45, 7) is 6.10. The first-order valence-electron chi connectivity index (χ1n) is 11.5. The molecule has 0 radical (unpaired) electrons. The minimum atomic E-state index is -0.804. The van der Waals surface area contributed by atoms with Gasteiger partial charge < -0.3 is 20.1 Å². The third kappa shape index (κ3) is 5.14. The number of aryl methyl sites for hydroxylation is 3. The van der Waals surface area contributed by atoms with E-state index in [1.807, 2.05) is 18.2 Å². The fraction of sp³-hybridized carbons (Fsp3) is 0.321. The topological polar surface area (TPSA) is 61.8 Å². The van der Waals surface area contributed by atoms with Crippen LogP contribution in [0.2, 0.25) is 0 Å². The second kappa shape index (κ2) is 9.99. The highest BCUT2D eigenvalue weighted by molar-refractivity contribution is 5.73. The number of hydrogen-bond acceptors (Lipinski definition) is 4. The Bertz CT molecular complexity index is 1160. The lowest BCUT2D eigenvalue weighted by Gasteiger charge is -2.34. The number of ether oxygens (including phenoxy) is 1. The molecule has 3 aromatic rings. The zero-order valence-electron chi connectivity index (χ0n) is 19.6. The van der Waals surface area contributed by atoms with Gasteiger partial charge in [0.2, 0.25) is 0 Å². The van der Waals surface area contributed by atoms with Gasteiger partial charge in [-0.15, -0.1) is 0 Å². The third-order valence-corrected chi connectivity index (χ3v) is 6.42. The standard InChI is InChI=1S/C28H32N2O3/c1-19-6-4-8-25(16-19)30-15-5-7-22-9-10-23(20(2)28(22)30)18-29-24-13-11-21(12-14-27(31)32)26(17-24)33-3/h4,6,8-11,13,16-17,29H,5,7,12,14-15,18H2,1-3H3,(H,31,32). The van der Waals surface area contributed by atoms with Crippen LogP contribution in [0.1, 0.15) is 40.7 Å². The van der Waals surface area contributed by atoms with E-state index in [9.17, 15) is 4.79 Å². The van der Waals surface area contributed by atoms with Crippen molar-refractivity contribution < 1.29 is 14.6 Å². The fourth-order valence-electron chi connectivity index (χ4n) is 4.66. The SMILES string of the molecule is COc1cc(NCc2ccc3c(c2C)N(c2cccc(C)c2)CCC3)ccc1CCC(=O)O. The van der Waals surface area contributed by atoms with Crippen LogP contribution in [0.4, 0.5) is 17.1 Å². The lowest BCUT2D eigenvalue weighted by Crippen LogP contribution is -2.26. The number of anilines is 3. The Kier molecular flexibility index (Phi) is 6.87. The number of rotatable bonds is 8. The second-order valence-electron chi connectivity index (χ2n) is 8.73. The number of carbonyl (C=O) groups is 1. The Morgan fingerprint density at radius 1 is 1.09 bits per heavy atom. The van der Waals surface area contributed by atoms with Gasteiger partial charge in [-0.3, -0.25) is 4.79 Å². The number of carboxylic acids is 1. The molecule has 33 heavy (non-hydrogen) atoms. The fourth-order valence-corrected chi connectivity index (χ4v) is 4.66. The van der Waals surface area contributed by atoms with Crippen LogP contribution in [0.25, 0.3) is 0 Å². The van der Waals surface area contributed by atoms with E-state index in [0.29, 0.717) is 18.7 Å². The smallest absolute Gasteiger partial charge is 0.303 e. The molecule has 1 aliphatic rings. The first kappa shape index (κ1) is 22.7. The molecule has 5 heteroatoms. The van der Waals surface area contributed by atoms with Gasteiger partial charge >= 0.3 is 5.97 Å². The van der Waals surface area contributed by atoms with Gasteiger partial charge in [-0.25, -0.2) is 0 Å². The van der Waals surface area contributed by atoms with Crippen molar-refractivity contribution in [2.45, 2.75) is 46.1 Å². The van der Waals surface area contributed by atoms with Crippen LogP contribution in [0.3, 0.4) is 0 Å². The Morgan fingerprint density at radius 2 is 1.91 bits per heavy atom. The molecule has 1 heterocycles. The molecule has 0 fully saturated rings. The minimum Gasteiger partial charge on any atom is -0.496 e. The molecule has 0 spiro atoms. The monoisotopic (exact) mass is 444 g/mol. The predicted octanol–water partition coefficient (Wildman–Crippen LogP) is 6.03. The van der Waals surface area contributed by atoms with E-state index in [1.165, 1.54) is 33.6 Å². The number of aliphatic carboxylic acids is 1. The summed E-state index contributed by atoms with van der Waals surface area (Å²) in [6.07, 6.45) is 2.82. The average Bonchev–Trinajstić information content (AvgIpc) is 2.82. The Labute approximate surface area is 196 Å². The van der Waals surface area contributed by atoms with E-state index in [-0.39, 0.29) is 6.42 Å². The number of benzene rings is 3. The van der Waals surface area contributed by atoms with Crippen molar-refractivity contribution >= 4 is 23.0 Å². The highest BCUT2D eigenvalue weighted by Gasteiger charge is 2.22. The number of nitrogens with one attached hydrogen (secondary N) is 1. The van der Waals surface area contributed by atoms with Gasteiger partial charge in [0.05, 0.1) is 7.11 Å². The van der Waals surface area contributed by atoms with E-state index in [2.05, 4.69) is 60.5 Å². The minimum absolute atomic E-state index is 0.0922. The molecule has 4 rings (SSSR count). The molecule has 1 aliphatic heterocycles. The molecule has 0 aliphatic carbocycles. The zero-order chi connectivity index (χ0) is 23.4. The largest absolute Gasteiger partial charge is 0.496 e. The number of hydrogen-bond donors (Lipinski definition) is 2. The normalized spacial score (nSPS) is 12.9. The van der Waals surface area contributed by atoms with Gasteiger partial charge in [0.25, 0.3) is 0 Å². The van der Waals surface area contributed by atoms with Crippen molar-refractivity contribution in [3.05, 3.63) is 82.4 Å². The summed E-state index contributed by atoms with van der Waals surface area (Å²) in [5, 5.41) is 12.5. The van der Waals surface area contributed by atoms with E-state index in [1.54, 1.807) is 7.11 Å².